The average molecular weight is 311 g/mol. The largest absolute Gasteiger partial charge is 0.370 e. The molecule has 1 atom stereocenters. The van der Waals surface area contributed by atoms with Crippen LogP contribution in [0.25, 0.3) is 0 Å². The molecule has 0 radical (unpaired) electrons. The Morgan fingerprint density at radius 3 is 2.78 bits per heavy atom. The van der Waals surface area contributed by atoms with E-state index in [1.165, 1.54) is 11.3 Å². The van der Waals surface area contributed by atoms with Gasteiger partial charge in [0.2, 0.25) is 0 Å². The summed E-state index contributed by atoms with van der Waals surface area (Å²) in [4.78, 5) is 2.17. The quantitative estimate of drug-likeness (QED) is 0.762. The van der Waals surface area contributed by atoms with E-state index in [1.54, 1.807) is 0 Å². The second-order valence-electron chi connectivity index (χ2n) is 4.56. The van der Waals surface area contributed by atoms with Gasteiger partial charge < -0.3 is 10.2 Å². The lowest BCUT2D eigenvalue weighted by atomic mass is 10.1. The molecule has 0 bridgehead atoms. The predicted octanol–water partition coefficient (Wildman–Crippen LogP) is 4.13. The van der Waals surface area contributed by atoms with E-state index in [9.17, 15) is 0 Å². The number of halogens is 1. The molecule has 1 aromatic rings. The van der Waals surface area contributed by atoms with E-state index in [2.05, 4.69) is 71.8 Å². The first kappa shape index (κ1) is 15.3. The second-order valence-corrected chi connectivity index (χ2v) is 5.41. The Morgan fingerprint density at radius 2 is 2.22 bits per heavy atom. The van der Waals surface area contributed by atoms with Crippen molar-refractivity contribution in [2.75, 3.05) is 25.0 Å². The molecule has 1 N–H and O–H groups in total. The summed E-state index contributed by atoms with van der Waals surface area (Å²) < 4.78 is 1.13. The van der Waals surface area contributed by atoms with Crippen LogP contribution in [0.4, 0.5) is 5.69 Å². The molecular weight excluding hydrogens is 288 g/mol. The van der Waals surface area contributed by atoms with Crippen LogP contribution < -0.4 is 10.2 Å². The number of likely N-dealkylation sites (N-methyl/N-ethyl adjacent to an activating group) is 1. The van der Waals surface area contributed by atoms with Crippen LogP contribution in [0.1, 0.15) is 31.9 Å². The smallest absolute Gasteiger partial charge is 0.0511 e. The van der Waals surface area contributed by atoms with Crippen molar-refractivity contribution in [2.45, 2.75) is 26.3 Å². The first-order valence-electron chi connectivity index (χ1n) is 6.45. The van der Waals surface area contributed by atoms with Crippen molar-refractivity contribution in [3.05, 3.63) is 40.9 Å². The van der Waals surface area contributed by atoms with Gasteiger partial charge in [0, 0.05) is 24.1 Å². The van der Waals surface area contributed by atoms with Gasteiger partial charge in [-0.05, 0) is 53.5 Å². The van der Waals surface area contributed by atoms with E-state index in [1.807, 2.05) is 6.08 Å². The molecule has 1 aromatic carbocycles. The first-order valence-corrected chi connectivity index (χ1v) is 7.24. The van der Waals surface area contributed by atoms with E-state index in [-0.39, 0.29) is 0 Å². The third-order valence-corrected chi connectivity index (χ3v) is 3.62. The molecular formula is C15H23BrN2. The normalized spacial score (nSPS) is 12.2. The summed E-state index contributed by atoms with van der Waals surface area (Å²) >= 11 is 3.65. The number of hydrogen-bond acceptors (Lipinski definition) is 2. The van der Waals surface area contributed by atoms with Crippen molar-refractivity contribution >= 4 is 21.6 Å². The van der Waals surface area contributed by atoms with E-state index in [0.717, 1.165) is 24.0 Å². The molecule has 0 amide bonds. The molecule has 0 saturated heterocycles. The van der Waals surface area contributed by atoms with Crippen LogP contribution in [0, 0.1) is 0 Å². The molecule has 0 heterocycles. The summed E-state index contributed by atoms with van der Waals surface area (Å²) in [6.07, 6.45) is 3.07. The van der Waals surface area contributed by atoms with Gasteiger partial charge in [-0.1, -0.05) is 19.1 Å². The van der Waals surface area contributed by atoms with Gasteiger partial charge in [-0.3, -0.25) is 0 Å². The molecule has 0 spiro atoms. The van der Waals surface area contributed by atoms with Crippen LogP contribution in [0.15, 0.2) is 35.3 Å². The van der Waals surface area contributed by atoms with Gasteiger partial charge in [0.15, 0.2) is 0 Å². The zero-order valence-electron chi connectivity index (χ0n) is 11.5. The molecule has 0 fully saturated rings. The molecule has 1 rings (SSSR count). The molecule has 0 aliphatic carbocycles. The third-order valence-electron chi connectivity index (χ3n) is 2.99. The van der Waals surface area contributed by atoms with Crippen molar-refractivity contribution in [1.29, 1.82) is 0 Å². The molecule has 18 heavy (non-hydrogen) atoms. The monoisotopic (exact) mass is 310 g/mol. The fourth-order valence-corrected chi connectivity index (χ4v) is 2.57. The minimum Gasteiger partial charge on any atom is -0.370 e. The van der Waals surface area contributed by atoms with Crippen LogP contribution in [0.2, 0.25) is 0 Å². The van der Waals surface area contributed by atoms with E-state index >= 15 is 0 Å². The average Bonchev–Trinajstić information content (AvgIpc) is 2.35. The summed E-state index contributed by atoms with van der Waals surface area (Å²) in [5, 5.41) is 3.50. The van der Waals surface area contributed by atoms with E-state index in [4.69, 9.17) is 0 Å². The van der Waals surface area contributed by atoms with Crippen LogP contribution >= 0.6 is 15.9 Å². The predicted molar refractivity (Wildman–Crippen MR) is 84.3 cm³/mol. The van der Waals surface area contributed by atoms with Crippen molar-refractivity contribution in [2.24, 2.45) is 0 Å². The molecule has 0 aliphatic rings. The van der Waals surface area contributed by atoms with E-state index in [0.29, 0.717) is 6.04 Å². The SMILES string of the molecule is C=CCN(C)c1ccc(C(C)NCCC)cc1Br. The van der Waals surface area contributed by atoms with Gasteiger partial charge >= 0.3 is 0 Å². The zero-order chi connectivity index (χ0) is 13.5. The lowest BCUT2D eigenvalue weighted by Gasteiger charge is -2.21. The fourth-order valence-electron chi connectivity index (χ4n) is 1.87. The van der Waals surface area contributed by atoms with Crippen LogP contribution in [-0.4, -0.2) is 20.1 Å². The standard InChI is InChI=1S/C15H23BrN2/c1-5-9-17-12(3)13-7-8-15(14(16)11-13)18(4)10-6-2/h6-8,11-12,17H,2,5,9-10H2,1,3-4H3. The second kappa shape index (κ2) is 7.59. The number of benzene rings is 1. The maximum Gasteiger partial charge on any atom is 0.0511 e. The van der Waals surface area contributed by atoms with Crippen LogP contribution in [-0.2, 0) is 0 Å². The number of hydrogen-bond donors (Lipinski definition) is 1. The van der Waals surface area contributed by atoms with Gasteiger partial charge in [0.25, 0.3) is 0 Å². The molecule has 2 nitrogen and oxygen atoms in total. The Kier molecular flexibility index (Phi) is 6.44. The topological polar surface area (TPSA) is 15.3 Å². The minimum absolute atomic E-state index is 0.389. The maximum atomic E-state index is 3.77. The highest BCUT2D eigenvalue weighted by Gasteiger charge is 2.09. The summed E-state index contributed by atoms with van der Waals surface area (Å²) in [5.74, 6) is 0. The molecule has 100 valence electrons. The lowest BCUT2D eigenvalue weighted by molar-refractivity contribution is 0.570. The summed E-state index contributed by atoms with van der Waals surface area (Å²) in [7, 11) is 2.07. The lowest BCUT2D eigenvalue weighted by Crippen LogP contribution is -2.20. The van der Waals surface area contributed by atoms with Gasteiger partial charge in [-0.15, -0.1) is 6.58 Å². The molecule has 1 unspecified atom stereocenters. The molecule has 0 saturated carbocycles. The van der Waals surface area contributed by atoms with Crippen molar-refractivity contribution in [3.8, 4) is 0 Å². The van der Waals surface area contributed by atoms with Crippen molar-refractivity contribution in [1.82, 2.24) is 5.32 Å². The van der Waals surface area contributed by atoms with Gasteiger partial charge in [0.05, 0.1) is 5.69 Å². The van der Waals surface area contributed by atoms with E-state index < -0.39 is 0 Å². The Labute approximate surface area is 119 Å². The highest BCUT2D eigenvalue weighted by molar-refractivity contribution is 9.10. The van der Waals surface area contributed by atoms with Crippen LogP contribution in [0.5, 0.6) is 0 Å². The van der Waals surface area contributed by atoms with Crippen molar-refractivity contribution in [3.63, 3.8) is 0 Å². The zero-order valence-corrected chi connectivity index (χ0v) is 13.1. The Balaban J connectivity index is 2.81. The van der Waals surface area contributed by atoms with Gasteiger partial charge in [0.1, 0.15) is 0 Å². The van der Waals surface area contributed by atoms with Crippen LogP contribution in [0.3, 0.4) is 0 Å². The number of anilines is 1. The number of nitrogens with zero attached hydrogens (tertiary/aromatic N) is 1. The Hall–Kier alpha value is -0.800. The Bertz CT molecular complexity index is 390. The third kappa shape index (κ3) is 4.14. The highest BCUT2D eigenvalue weighted by Crippen LogP contribution is 2.28. The molecule has 3 heteroatoms. The highest BCUT2D eigenvalue weighted by atomic mass is 79.9. The minimum atomic E-state index is 0.389. The Morgan fingerprint density at radius 1 is 1.50 bits per heavy atom. The van der Waals surface area contributed by atoms with Gasteiger partial charge in [-0.2, -0.15) is 0 Å². The molecule has 0 aliphatic heterocycles. The number of nitrogens with one attached hydrogen (secondary N) is 1. The summed E-state index contributed by atoms with van der Waals surface area (Å²) in [5.41, 5.74) is 2.51. The van der Waals surface area contributed by atoms with Crippen molar-refractivity contribution < 1.29 is 0 Å². The summed E-state index contributed by atoms with van der Waals surface area (Å²) in [6, 6.07) is 6.93. The fraction of sp³-hybridized carbons (Fsp3) is 0.467. The summed E-state index contributed by atoms with van der Waals surface area (Å²) in [6.45, 7) is 10.1. The van der Waals surface area contributed by atoms with Gasteiger partial charge in [-0.25, -0.2) is 0 Å². The first-order chi connectivity index (χ1) is 8.60. The maximum absolute atomic E-state index is 3.77. The molecule has 0 aromatic heterocycles. The number of rotatable bonds is 7.